The second kappa shape index (κ2) is 29.9. The molecule has 12 nitrogen and oxygen atoms in total. The molecular weight excluding hydrogens is 1740 g/mol. The van der Waals surface area contributed by atoms with Gasteiger partial charge in [0.05, 0.1) is 77.7 Å². The molecule has 0 atom stereocenters. The number of para-hydroxylation sites is 6. The number of furan rings is 2. The molecule has 5 aliphatic rings. The van der Waals surface area contributed by atoms with E-state index in [1.165, 1.54) is 160 Å². The van der Waals surface area contributed by atoms with E-state index in [1.807, 2.05) is 79.7 Å². The quantitative estimate of drug-likeness (QED) is 0.139. The molecule has 0 spiro atoms. The first kappa shape index (κ1) is 84.5. The van der Waals surface area contributed by atoms with E-state index in [0.717, 1.165) is 70.9 Å². The average molecular weight is 1840 g/mol. The second-order valence-electron chi connectivity index (χ2n) is 41.9. The first-order valence-electron chi connectivity index (χ1n) is 47.5. The molecule has 0 N–H and O–H groups in total. The van der Waals surface area contributed by atoms with Gasteiger partial charge in [-0.15, -0.1) is 0 Å². The number of halogens is 1. The Balaban J connectivity index is 0.000000123. The Morgan fingerprint density at radius 3 is 0.831 bits per heavy atom. The van der Waals surface area contributed by atoms with Gasteiger partial charge < -0.3 is 55.0 Å². The minimum atomic E-state index is -0.476. The van der Waals surface area contributed by atoms with Crippen LogP contribution in [0.5, 0.6) is 0 Å². The number of hydrogen-bond donors (Lipinski definition) is 0. The molecule has 16 aromatic carbocycles. The molecule has 16 heteroatoms. The summed E-state index contributed by atoms with van der Waals surface area (Å²) in [5.41, 5.74) is 31.4. The van der Waals surface area contributed by atoms with Crippen molar-refractivity contribution in [3.63, 3.8) is 0 Å². The molecule has 0 bridgehead atoms. The van der Waals surface area contributed by atoms with E-state index in [4.69, 9.17) is 36.8 Å². The van der Waals surface area contributed by atoms with Crippen molar-refractivity contribution in [2.45, 2.75) is 155 Å². The molecule has 27 rings (SSSR count). The maximum absolute atomic E-state index is 6.50. The van der Waals surface area contributed by atoms with Crippen LogP contribution in [-0.4, -0.2) is 73.0 Å². The van der Waals surface area contributed by atoms with Crippen LogP contribution < -0.4 is 5.46 Å². The fourth-order valence-corrected chi connectivity index (χ4v) is 22.6. The molecule has 136 heavy (non-hydrogen) atoms. The summed E-state index contributed by atoms with van der Waals surface area (Å²) >= 11 is 3.73. The van der Waals surface area contributed by atoms with Gasteiger partial charge in [-0.05, 0) is 289 Å². The molecule has 666 valence electrons. The molecule has 0 saturated carbocycles. The van der Waals surface area contributed by atoms with Gasteiger partial charge in [-0.2, -0.15) is 0 Å². The van der Waals surface area contributed by atoms with Gasteiger partial charge in [-0.25, -0.2) is 0 Å². The fourth-order valence-electron chi connectivity index (χ4n) is 22.3. The maximum atomic E-state index is 6.50. The number of rotatable bonds is 8. The second-order valence-corrected chi connectivity index (χ2v) is 42.9. The molecule has 3 saturated heterocycles. The standard InChI is InChI=1S/C57H45BN2O3.C51H33BrN2O.C12H24B2O4/c1-55(2)47-31-36(58-62-56(3,4)57(5,6)63-58)21-26-39(47)40-27-22-38(33-48(40)55)60-50-17-11-8-14-42(50)44-25-20-35(30-52(44)60)34-19-24-43-41-13-7-10-16-49(41)59(51(43)29-34)37-23-28-54-46(32-37)45-15-9-12-18-53(45)61-54;1-51(2)43-27-32(52)17-22-35(43)36-23-18-34(29-44(36)51)54-46-13-7-4-10-38(46)40-21-16-31(26-48(40)54)30-15-20-39-37-9-3-6-12-45(37)53(47(39)25-30)33-19-24-50-42(28-33)41-11-5-8-14-49(41)55-50;1-9(2)10(3,4)16-13(15-9)14-17-11(5,6)12(7,8)18-14/h7-33H,1-6H3;3-29H,1-2H3;1-8H3. The normalized spacial score (nSPS) is 17.3. The lowest BCUT2D eigenvalue weighted by Crippen LogP contribution is -2.41. The van der Waals surface area contributed by atoms with E-state index in [-0.39, 0.29) is 33.2 Å². The van der Waals surface area contributed by atoms with Gasteiger partial charge in [-0.1, -0.05) is 238 Å². The Morgan fingerprint density at radius 1 is 0.213 bits per heavy atom. The topological polar surface area (TPSA) is 101 Å². The third-order valence-corrected chi connectivity index (χ3v) is 32.2. The first-order chi connectivity index (χ1) is 65.2. The summed E-state index contributed by atoms with van der Waals surface area (Å²) in [5.74, 6) is 0. The fraction of sp³-hybridized carbons (Fsp3) is 0.200. The van der Waals surface area contributed by atoms with Gasteiger partial charge in [-0.3, -0.25) is 0 Å². The minimum absolute atomic E-state index is 0.114. The number of hydrogen-bond acceptors (Lipinski definition) is 8. The van der Waals surface area contributed by atoms with Crippen LogP contribution in [-0.2, 0) is 38.8 Å². The van der Waals surface area contributed by atoms with Gasteiger partial charge in [0.25, 0.3) is 0 Å². The first-order valence-corrected chi connectivity index (χ1v) is 48.3. The van der Waals surface area contributed by atoms with Crippen LogP contribution in [0.1, 0.15) is 133 Å². The third kappa shape index (κ3) is 12.8. The summed E-state index contributed by atoms with van der Waals surface area (Å²) in [6.45, 7) is 34.1. The maximum Gasteiger partial charge on any atom is 0.494 e. The summed E-state index contributed by atoms with van der Waals surface area (Å²) < 4.78 is 60.2. The van der Waals surface area contributed by atoms with Crippen LogP contribution in [0.15, 0.2) is 341 Å². The lowest BCUT2D eigenvalue weighted by Gasteiger charge is -2.32. The minimum Gasteiger partial charge on any atom is -0.456 e. The van der Waals surface area contributed by atoms with Crippen molar-refractivity contribution < 1.29 is 36.8 Å². The lowest BCUT2D eigenvalue weighted by atomic mass is 9.49. The predicted octanol–water partition coefficient (Wildman–Crippen LogP) is 30.8. The molecular formula is C120H102B3BrN4O8. The predicted molar refractivity (Wildman–Crippen MR) is 566 cm³/mol. The van der Waals surface area contributed by atoms with Crippen LogP contribution in [0.3, 0.4) is 0 Å². The molecule has 3 fully saturated rings. The van der Waals surface area contributed by atoms with Crippen LogP contribution in [0.2, 0.25) is 0 Å². The van der Waals surface area contributed by atoms with Crippen LogP contribution in [0, 0.1) is 0 Å². The Bertz CT molecular complexity index is 8770. The Hall–Kier alpha value is -13.2. The van der Waals surface area contributed by atoms with Crippen LogP contribution in [0.25, 0.3) is 198 Å². The number of nitrogens with zero attached hydrogens (tertiary/aromatic N) is 4. The van der Waals surface area contributed by atoms with E-state index >= 15 is 0 Å². The smallest absolute Gasteiger partial charge is 0.456 e. The monoisotopic (exact) mass is 1840 g/mol. The molecule has 2 aliphatic carbocycles. The van der Waals surface area contributed by atoms with Crippen molar-refractivity contribution in [3.05, 3.63) is 354 Å². The summed E-state index contributed by atoms with van der Waals surface area (Å²) in [6.07, 6.45) is 0. The van der Waals surface area contributed by atoms with Gasteiger partial charge in [0, 0.05) is 103 Å². The van der Waals surface area contributed by atoms with Crippen LogP contribution >= 0.6 is 15.9 Å². The van der Waals surface area contributed by atoms with Gasteiger partial charge in [0.1, 0.15) is 22.3 Å². The van der Waals surface area contributed by atoms with Gasteiger partial charge in [0.2, 0.25) is 0 Å². The number of benzene rings is 16. The van der Waals surface area contributed by atoms with Crippen molar-refractivity contribution in [1.29, 1.82) is 0 Å². The van der Waals surface area contributed by atoms with Crippen molar-refractivity contribution in [3.8, 4) is 67.3 Å². The van der Waals surface area contributed by atoms with E-state index in [1.54, 1.807) is 0 Å². The Morgan fingerprint density at radius 2 is 0.478 bits per heavy atom. The highest BCUT2D eigenvalue weighted by atomic mass is 79.9. The summed E-state index contributed by atoms with van der Waals surface area (Å²) in [6, 6.07) is 120. The molecule has 9 heterocycles. The summed E-state index contributed by atoms with van der Waals surface area (Å²) in [7, 11) is -1.36. The zero-order chi connectivity index (χ0) is 93.1. The Kier molecular flexibility index (Phi) is 18.6. The molecule has 22 aromatic rings. The van der Waals surface area contributed by atoms with Crippen LogP contribution in [0.4, 0.5) is 0 Å². The third-order valence-electron chi connectivity index (χ3n) is 31.7. The molecule has 6 aromatic heterocycles. The molecule has 3 aliphatic heterocycles. The van der Waals surface area contributed by atoms with E-state index in [0.29, 0.717) is 0 Å². The largest absolute Gasteiger partial charge is 0.494 e. The highest BCUT2D eigenvalue weighted by Gasteiger charge is 2.64. The molecule has 0 amide bonds. The van der Waals surface area contributed by atoms with Crippen molar-refractivity contribution >= 4 is 174 Å². The van der Waals surface area contributed by atoms with E-state index in [2.05, 4.69) is 393 Å². The lowest BCUT2D eigenvalue weighted by molar-refractivity contribution is 0.00578. The highest BCUT2D eigenvalue weighted by Crippen LogP contribution is 2.54. The number of fused-ring (bicyclic) bond motifs is 24. The van der Waals surface area contributed by atoms with Gasteiger partial charge >= 0.3 is 21.1 Å². The average Bonchev–Trinajstić information content (AvgIpc) is 1.56. The van der Waals surface area contributed by atoms with E-state index < -0.39 is 32.3 Å². The molecule has 0 unspecified atom stereocenters. The zero-order valence-corrected chi connectivity index (χ0v) is 80.9. The van der Waals surface area contributed by atoms with E-state index in [9.17, 15) is 0 Å². The summed E-state index contributed by atoms with van der Waals surface area (Å²) in [4.78, 5) is 0. The highest BCUT2D eigenvalue weighted by molar-refractivity contribution is 9.10. The summed E-state index contributed by atoms with van der Waals surface area (Å²) in [5, 5.41) is 14.4. The van der Waals surface area contributed by atoms with Crippen molar-refractivity contribution in [1.82, 2.24) is 18.3 Å². The van der Waals surface area contributed by atoms with Crippen molar-refractivity contribution in [2.24, 2.45) is 0 Å². The van der Waals surface area contributed by atoms with Crippen molar-refractivity contribution in [2.75, 3.05) is 0 Å². The molecule has 0 radical (unpaired) electrons. The number of aromatic nitrogens is 4. The van der Waals surface area contributed by atoms with Gasteiger partial charge in [0.15, 0.2) is 0 Å². The Labute approximate surface area is 799 Å². The zero-order valence-electron chi connectivity index (χ0n) is 79.3. The SMILES string of the molecule is CC1(C)OB(B2OC(C)(C)C(C)(C)O2)OC1(C)C.CC1(C)c2cc(B3OC(C)(C)C(C)(C)O3)ccc2-c2ccc(-n3c4ccccc4c4ccc(-c5ccc6c7ccccc7n(-c7ccc8oc9ccccc9c8c7)c6c5)cc43)cc21.CC1(C)c2cc(Br)ccc2-c2ccc(-n3c4ccccc4c4ccc(-c5ccc6c7ccccc7n(-c7ccc8oc9ccccc9c8c7)c6c5)cc43)cc21.